The van der Waals surface area contributed by atoms with Gasteiger partial charge in [-0.25, -0.2) is 19.3 Å². The highest BCUT2D eigenvalue weighted by molar-refractivity contribution is 5.88. The average Bonchev–Trinajstić information content (AvgIpc) is 3.24. The highest BCUT2D eigenvalue weighted by Crippen LogP contribution is 2.24. The molecule has 0 N–H and O–H groups in total. The van der Waals surface area contributed by atoms with E-state index in [1.54, 1.807) is 23.8 Å². The molecule has 0 aliphatic rings. The highest BCUT2D eigenvalue weighted by atomic mass is 16.5. The van der Waals surface area contributed by atoms with E-state index in [0.717, 1.165) is 34.4 Å². The van der Waals surface area contributed by atoms with Crippen molar-refractivity contribution in [3.63, 3.8) is 0 Å². The highest BCUT2D eigenvalue weighted by Gasteiger charge is 2.15. The van der Waals surface area contributed by atoms with Gasteiger partial charge in [0.1, 0.15) is 0 Å². The molecule has 0 fully saturated rings. The molecule has 26 heavy (non-hydrogen) atoms. The van der Waals surface area contributed by atoms with E-state index in [1.807, 2.05) is 42.8 Å². The number of carbonyl (C=O) groups excluding carboxylic acids is 1. The molecule has 0 aliphatic carbocycles. The van der Waals surface area contributed by atoms with Gasteiger partial charge in [-0.2, -0.15) is 5.10 Å². The van der Waals surface area contributed by atoms with Crippen molar-refractivity contribution in [1.29, 1.82) is 0 Å². The Balaban J connectivity index is 1.84. The summed E-state index contributed by atoms with van der Waals surface area (Å²) >= 11 is 0. The van der Waals surface area contributed by atoms with Crippen molar-refractivity contribution in [3.05, 3.63) is 48.0 Å². The number of aryl methyl sites for hydroxylation is 2. The number of carbonyl (C=O) groups is 1. The maximum atomic E-state index is 12.1. The molecule has 0 spiro atoms. The lowest BCUT2D eigenvalue weighted by Gasteiger charge is -2.05. The lowest BCUT2D eigenvalue weighted by molar-refractivity contribution is 0.0519. The van der Waals surface area contributed by atoms with Gasteiger partial charge in [0.2, 0.25) is 0 Å². The first-order valence-corrected chi connectivity index (χ1v) is 8.59. The molecule has 132 valence electrons. The number of hydrogen-bond acceptors (Lipinski definition) is 5. The van der Waals surface area contributed by atoms with Crippen molar-refractivity contribution in [1.82, 2.24) is 24.1 Å². The maximum Gasteiger partial charge on any atom is 0.357 e. The summed E-state index contributed by atoms with van der Waals surface area (Å²) in [4.78, 5) is 20.9. The molecule has 0 aliphatic heterocycles. The van der Waals surface area contributed by atoms with Gasteiger partial charge in [-0.15, -0.1) is 0 Å². The second-order valence-corrected chi connectivity index (χ2v) is 6.07. The normalized spacial score (nSPS) is 11.3. The summed E-state index contributed by atoms with van der Waals surface area (Å²) in [6, 6.07) is 9.67. The fourth-order valence-electron chi connectivity index (χ4n) is 3.03. The van der Waals surface area contributed by atoms with Crippen LogP contribution in [-0.4, -0.2) is 36.7 Å². The second kappa shape index (κ2) is 6.25. The van der Waals surface area contributed by atoms with Gasteiger partial charge in [-0.05, 0) is 31.5 Å². The first-order chi connectivity index (χ1) is 12.6. The van der Waals surface area contributed by atoms with E-state index in [2.05, 4.69) is 15.1 Å². The lowest BCUT2D eigenvalue weighted by Crippen LogP contribution is -2.10. The molecule has 4 aromatic rings. The second-order valence-electron chi connectivity index (χ2n) is 6.07. The predicted octanol–water partition coefficient (Wildman–Crippen LogP) is 3.02. The van der Waals surface area contributed by atoms with Crippen LogP contribution >= 0.6 is 0 Å². The van der Waals surface area contributed by atoms with E-state index in [0.29, 0.717) is 17.9 Å². The third-order valence-electron chi connectivity index (χ3n) is 4.37. The average molecular weight is 349 g/mol. The summed E-state index contributed by atoms with van der Waals surface area (Å²) in [5.74, 6) is -0.414. The predicted molar refractivity (Wildman–Crippen MR) is 98.0 cm³/mol. The van der Waals surface area contributed by atoms with Crippen LogP contribution in [0.25, 0.3) is 27.9 Å². The van der Waals surface area contributed by atoms with Crippen LogP contribution in [0.5, 0.6) is 0 Å². The molecule has 0 unspecified atom stereocenters. The van der Waals surface area contributed by atoms with Crippen molar-refractivity contribution in [2.45, 2.75) is 20.3 Å². The Morgan fingerprint density at radius 2 is 2.04 bits per heavy atom. The van der Waals surface area contributed by atoms with E-state index in [1.165, 1.54) is 0 Å². The lowest BCUT2D eigenvalue weighted by atomic mass is 10.1. The molecule has 4 rings (SSSR count). The minimum atomic E-state index is -0.414. The molecule has 0 atom stereocenters. The van der Waals surface area contributed by atoms with E-state index in [-0.39, 0.29) is 0 Å². The number of fused-ring (bicyclic) bond motifs is 2. The molecule has 1 aromatic carbocycles. The van der Waals surface area contributed by atoms with Gasteiger partial charge in [-0.1, -0.05) is 13.0 Å². The van der Waals surface area contributed by atoms with E-state index < -0.39 is 5.97 Å². The fraction of sp³-hybridized carbons (Fsp3) is 0.263. The Morgan fingerprint density at radius 1 is 1.19 bits per heavy atom. The van der Waals surface area contributed by atoms with Crippen molar-refractivity contribution in [3.8, 4) is 11.3 Å². The number of aromatic nitrogens is 5. The number of esters is 1. The quantitative estimate of drug-likeness (QED) is 0.530. The van der Waals surface area contributed by atoms with Gasteiger partial charge in [-0.3, -0.25) is 0 Å². The SMILES string of the molecule is CCOC(=O)c1cc(CC)n2nc(-c3ccc4c(c3)ncn4C)cc2n1. The van der Waals surface area contributed by atoms with Crippen LogP contribution in [0.3, 0.4) is 0 Å². The minimum Gasteiger partial charge on any atom is -0.461 e. The van der Waals surface area contributed by atoms with Crippen LogP contribution in [-0.2, 0) is 18.2 Å². The molecule has 0 radical (unpaired) electrons. The van der Waals surface area contributed by atoms with E-state index >= 15 is 0 Å². The van der Waals surface area contributed by atoms with Crippen LogP contribution in [0.1, 0.15) is 30.0 Å². The smallest absolute Gasteiger partial charge is 0.357 e. The van der Waals surface area contributed by atoms with Gasteiger partial charge in [0.05, 0.1) is 29.7 Å². The number of benzene rings is 1. The zero-order valence-electron chi connectivity index (χ0n) is 14.9. The summed E-state index contributed by atoms with van der Waals surface area (Å²) in [7, 11) is 1.97. The minimum absolute atomic E-state index is 0.308. The maximum absolute atomic E-state index is 12.1. The zero-order valence-corrected chi connectivity index (χ0v) is 14.9. The monoisotopic (exact) mass is 349 g/mol. The van der Waals surface area contributed by atoms with Crippen molar-refractivity contribution < 1.29 is 9.53 Å². The number of hydrogen-bond donors (Lipinski definition) is 0. The molecule has 0 bridgehead atoms. The van der Waals surface area contributed by atoms with E-state index in [9.17, 15) is 4.79 Å². The van der Waals surface area contributed by atoms with Crippen LogP contribution in [0.4, 0.5) is 0 Å². The molecule has 0 saturated carbocycles. The summed E-state index contributed by atoms with van der Waals surface area (Å²) in [6.45, 7) is 4.12. The standard InChI is InChI=1S/C19H19N5O2/c1-4-13-9-16(19(25)26-5-2)21-18-10-14(22-24(13)18)12-6-7-17-15(8-12)20-11-23(17)3/h6-11H,4-5H2,1-3H3. The molecular formula is C19H19N5O2. The summed E-state index contributed by atoms with van der Waals surface area (Å²) < 4.78 is 8.83. The van der Waals surface area contributed by atoms with E-state index in [4.69, 9.17) is 4.74 Å². The van der Waals surface area contributed by atoms with Crippen LogP contribution < -0.4 is 0 Å². The first-order valence-electron chi connectivity index (χ1n) is 8.59. The summed E-state index contributed by atoms with van der Waals surface area (Å²) in [5, 5.41) is 4.68. The van der Waals surface area contributed by atoms with Gasteiger partial charge in [0, 0.05) is 24.4 Å². The molecule has 0 amide bonds. The van der Waals surface area contributed by atoms with Crippen LogP contribution in [0.2, 0.25) is 0 Å². The van der Waals surface area contributed by atoms with Crippen LogP contribution in [0, 0.1) is 0 Å². The van der Waals surface area contributed by atoms with Crippen molar-refractivity contribution >= 4 is 22.6 Å². The fourth-order valence-corrected chi connectivity index (χ4v) is 3.03. The zero-order chi connectivity index (χ0) is 18.3. The molecule has 3 heterocycles. The Kier molecular flexibility index (Phi) is 3.91. The number of nitrogens with zero attached hydrogens (tertiary/aromatic N) is 5. The summed E-state index contributed by atoms with van der Waals surface area (Å²) in [6.07, 6.45) is 2.52. The molecular weight excluding hydrogens is 330 g/mol. The Labute approximate surface area is 150 Å². The number of rotatable bonds is 4. The van der Waals surface area contributed by atoms with Gasteiger partial charge < -0.3 is 9.30 Å². The molecule has 0 saturated heterocycles. The molecule has 7 nitrogen and oxygen atoms in total. The van der Waals surface area contributed by atoms with Gasteiger partial charge >= 0.3 is 5.97 Å². The number of ether oxygens (including phenoxy) is 1. The third-order valence-corrected chi connectivity index (χ3v) is 4.37. The van der Waals surface area contributed by atoms with Gasteiger partial charge in [0.15, 0.2) is 11.3 Å². The Hall–Kier alpha value is -3.22. The molecule has 7 heteroatoms. The number of imidazole rings is 1. The van der Waals surface area contributed by atoms with Crippen molar-refractivity contribution in [2.24, 2.45) is 7.05 Å². The Bertz CT molecular complexity index is 1130. The largest absolute Gasteiger partial charge is 0.461 e. The molecule has 3 aromatic heterocycles. The summed E-state index contributed by atoms with van der Waals surface area (Å²) in [5.41, 5.74) is 5.57. The third kappa shape index (κ3) is 2.61. The first kappa shape index (κ1) is 16.3. The topological polar surface area (TPSA) is 74.3 Å². The Morgan fingerprint density at radius 3 is 2.81 bits per heavy atom. The van der Waals surface area contributed by atoms with Crippen LogP contribution in [0.15, 0.2) is 36.7 Å². The van der Waals surface area contributed by atoms with Gasteiger partial charge in [0.25, 0.3) is 0 Å². The van der Waals surface area contributed by atoms with Crippen molar-refractivity contribution in [2.75, 3.05) is 6.61 Å².